The number of nitrogens with zero attached hydrogens (tertiary/aromatic N) is 2. The van der Waals surface area contributed by atoms with Crippen LogP contribution in [0.25, 0.3) is 0 Å². The molecule has 1 saturated heterocycles. The molecule has 0 spiro atoms. The van der Waals surface area contributed by atoms with Gasteiger partial charge in [0, 0.05) is 40.5 Å². The molecule has 1 heterocycles. The fourth-order valence-corrected chi connectivity index (χ4v) is 3.15. The van der Waals surface area contributed by atoms with Crippen molar-refractivity contribution in [3.63, 3.8) is 0 Å². The van der Waals surface area contributed by atoms with E-state index in [1.807, 2.05) is 6.07 Å². The van der Waals surface area contributed by atoms with E-state index in [0.717, 1.165) is 38.2 Å². The van der Waals surface area contributed by atoms with Crippen molar-refractivity contribution in [1.29, 1.82) is 0 Å². The summed E-state index contributed by atoms with van der Waals surface area (Å²) in [5.74, 6) is 1.75. The first-order valence-electron chi connectivity index (χ1n) is 9.37. The molecule has 25 heavy (non-hydrogen) atoms. The summed E-state index contributed by atoms with van der Waals surface area (Å²) in [4.78, 5) is 7.09. The maximum Gasteiger partial charge on any atom is 0.193 e. The average molecular weight is 348 g/mol. The molecule has 0 saturated carbocycles. The molecule has 140 valence electrons. The third-order valence-corrected chi connectivity index (χ3v) is 4.73. The molecule has 1 aliphatic heterocycles. The Balaban J connectivity index is 1.94. The number of hydrogen-bond acceptors (Lipinski definition) is 3. The van der Waals surface area contributed by atoms with Crippen molar-refractivity contribution in [2.75, 3.05) is 40.5 Å². The number of aliphatic imine (C=N–C) groups is 1. The van der Waals surface area contributed by atoms with Crippen molar-refractivity contribution in [3.8, 4) is 0 Å². The van der Waals surface area contributed by atoms with Gasteiger partial charge in [0.15, 0.2) is 5.96 Å². The Bertz CT molecular complexity index is 527. The average Bonchev–Trinajstić information content (AvgIpc) is 2.65. The van der Waals surface area contributed by atoms with Gasteiger partial charge in [0.2, 0.25) is 0 Å². The molecular weight excluding hydrogens is 314 g/mol. The summed E-state index contributed by atoms with van der Waals surface area (Å²) in [5.41, 5.74) is 2.42. The number of ether oxygens (including phenoxy) is 2. The molecule has 0 unspecified atom stereocenters. The predicted molar refractivity (Wildman–Crippen MR) is 103 cm³/mol. The molecular formula is C20H33N3O2. The van der Waals surface area contributed by atoms with E-state index in [4.69, 9.17) is 14.5 Å². The molecule has 1 fully saturated rings. The lowest BCUT2D eigenvalue weighted by Crippen LogP contribution is -2.40. The number of methoxy groups -OCH3 is 1. The zero-order valence-electron chi connectivity index (χ0n) is 16.0. The Kier molecular flexibility index (Phi) is 8.77. The summed E-state index contributed by atoms with van der Waals surface area (Å²) in [5, 5.41) is 3.41. The summed E-state index contributed by atoms with van der Waals surface area (Å²) in [6.07, 6.45) is 3.57. The van der Waals surface area contributed by atoms with Gasteiger partial charge in [0.1, 0.15) is 0 Å². The highest BCUT2D eigenvalue weighted by atomic mass is 16.5. The van der Waals surface area contributed by atoms with Gasteiger partial charge in [-0.05, 0) is 43.2 Å². The molecule has 1 aromatic rings. The molecule has 1 aromatic carbocycles. The minimum absolute atomic E-state index is 0.627. The van der Waals surface area contributed by atoms with Crippen LogP contribution in [-0.2, 0) is 22.6 Å². The van der Waals surface area contributed by atoms with Crippen molar-refractivity contribution in [3.05, 3.63) is 35.4 Å². The van der Waals surface area contributed by atoms with Gasteiger partial charge in [-0.2, -0.15) is 0 Å². The van der Waals surface area contributed by atoms with Gasteiger partial charge in [-0.15, -0.1) is 0 Å². The van der Waals surface area contributed by atoms with Gasteiger partial charge < -0.3 is 19.7 Å². The second-order valence-electron chi connectivity index (χ2n) is 6.64. The van der Waals surface area contributed by atoms with Gasteiger partial charge in [0.05, 0.1) is 13.2 Å². The Labute approximate surface area is 152 Å². The lowest BCUT2D eigenvalue weighted by Gasteiger charge is -2.27. The number of nitrogens with one attached hydrogen (secondary N) is 1. The van der Waals surface area contributed by atoms with Crippen LogP contribution in [0, 0.1) is 5.92 Å². The van der Waals surface area contributed by atoms with Crippen molar-refractivity contribution >= 4 is 5.96 Å². The second kappa shape index (κ2) is 11.1. The van der Waals surface area contributed by atoms with Crippen LogP contribution in [0.4, 0.5) is 0 Å². The van der Waals surface area contributed by atoms with Crippen LogP contribution in [-0.4, -0.2) is 51.3 Å². The largest absolute Gasteiger partial charge is 0.381 e. The third-order valence-electron chi connectivity index (χ3n) is 4.73. The van der Waals surface area contributed by atoms with Crippen LogP contribution in [0.5, 0.6) is 0 Å². The molecule has 0 aliphatic carbocycles. The normalized spacial score (nSPS) is 16.0. The van der Waals surface area contributed by atoms with Gasteiger partial charge >= 0.3 is 0 Å². The van der Waals surface area contributed by atoms with Crippen molar-refractivity contribution in [2.24, 2.45) is 10.9 Å². The molecule has 0 bridgehead atoms. The summed E-state index contributed by atoms with van der Waals surface area (Å²) in [6.45, 7) is 7.14. The van der Waals surface area contributed by atoms with Crippen LogP contribution in [0.15, 0.2) is 29.3 Å². The molecule has 1 aliphatic rings. The molecule has 0 atom stereocenters. The Morgan fingerprint density at radius 2 is 2.00 bits per heavy atom. The predicted octanol–water partition coefficient (Wildman–Crippen LogP) is 3.05. The highest BCUT2D eigenvalue weighted by Gasteiger charge is 2.15. The van der Waals surface area contributed by atoms with Gasteiger partial charge in [-0.3, -0.25) is 0 Å². The molecule has 2 rings (SSSR count). The quantitative estimate of drug-likeness (QED) is 0.580. The van der Waals surface area contributed by atoms with E-state index in [1.165, 1.54) is 30.4 Å². The lowest BCUT2D eigenvalue weighted by atomic mass is 9.96. The summed E-state index contributed by atoms with van der Waals surface area (Å²) in [7, 11) is 3.86. The van der Waals surface area contributed by atoms with E-state index in [1.54, 1.807) is 7.11 Å². The van der Waals surface area contributed by atoms with E-state index >= 15 is 0 Å². The fourth-order valence-electron chi connectivity index (χ4n) is 3.15. The Morgan fingerprint density at radius 1 is 1.28 bits per heavy atom. The second-order valence-corrected chi connectivity index (χ2v) is 6.64. The molecule has 0 amide bonds. The molecule has 0 radical (unpaired) electrons. The topological polar surface area (TPSA) is 46.1 Å². The third kappa shape index (κ3) is 6.67. The van der Waals surface area contributed by atoms with Crippen LogP contribution in [0.1, 0.15) is 37.3 Å². The first-order chi connectivity index (χ1) is 12.2. The zero-order chi connectivity index (χ0) is 17.9. The maximum absolute atomic E-state index is 5.45. The standard InChI is InChI=1S/C20H33N3O2/c1-4-21-20(23(2)12-9-17-10-13-25-14-11-17)22-15-18-7-5-6-8-19(18)16-24-3/h5-8,17H,4,9-16H2,1-3H3,(H,21,22). The SMILES string of the molecule is CCNC(=NCc1ccccc1COC)N(C)CCC1CCOCC1. The van der Waals surface area contributed by atoms with E-state index in [0.29, 0.717) is 13.2 Å². The summed E-state index contributed by atoms with van der Waals surface area (Å²) < 4.78 is 10.7. The van der Waals surface area contributed by atoms with Crippen molar-refractivity contribution in [1.82, 2.24) is 10.2 Å². The maximum atomic E-state index is 5.45. The van der Waals surface area contributed by atoms with E-state index in [2.05, 4.69) is 42.4 Å². The van der Waals surface area contributed by atoms with Crippen LogP contribution < -0.4 is 5.32 Å². The Hall–Kier alpha value is -1.59. The number of hydrogen-bond donors (Lipinski definition) is 1. The van der Waals surface area contributed by atoms with E-state index < -0.39 is 0 Å². The molecule has 5 heteroatoms. The summed E-state index contributed by atoms with van der Waals surface area (Å²) >= 11 is 0. The van der Waals surface area contributed by atoms with Crippen molar-refractivity contribution in [2.45, 2.75) is 39.3 Å². The van der Waals surface area contributed by atoms with Crippen molar-refractivity contribution < 1.29 is 9.47 Å². The smallest absolute Gasteiger partial charge is 0.193 e. The highest BCUT2D eigenvalue weighted by molar-refractivity contribution is 5.79. The number of guanidine groups is 1. The molecule has 1 N–H and O–H groups in total. The number of benzene rings is 1. The minimum atomic E-state index is 0.627. The monoisotopic (exact) mass is 347 g/mol. The van der Waals surface area contributed by atoms with Crippen LogP contribution in [0.3, 0.4) is 0 Å². The van der Waals surface area contributed by atoms with Crippen LogP contribution in [0.2, 0.25) is 0 Å². The Morgan fingerprint density at radius 3 is 2.68 bits per heavy atom. The fraction of sp³-hybridized carbons (Fsp3) is 0.650. The van der Waals surface area contributed by atoms with Crippen LogP contribution >= 0.6 is 0 Å². The molecule has 0 aromatic heterocycles. The van der Waals surface area contributed by atoms with Gasteiger partial charge in [-0.25, -0.2) is 4.99 Å². The molecule has 5 nitrogen and oxygen atoms in total. The first kappa shape index (κ1) is 19.7. The first-order valence-corrected chi connectivity index (χ1v) is 9.37. The lowest BCUT2D eigenvalue weighted by molar-refractivity contribution is 0.0625. The van der Waals surface area contributed by atoms with Gasteiger partial charge in [0.25, 0.3) is 0 Å². The van der Waals surface area contributed by atoms with E-state index in [9.17, 15) is 0 Å². The van der Waals surface area contributed by atoms with Gasteiger partial charge in [-0.1, -0.05) is 24.3 Å². The number of rotatable bonds is 8. The highest BCUT2D eigenvalue weighted by Crippen LogP contribution is 2.18. The van der Waals surface area contributed by atoms with E-state index in [-0.39, 0.29) is 0 Å². The zero-order valence-corrected chi connectivity index (χ0v) is 16.0. The minimum Gasteiger partial charge on any atom is -0.381 e. The summed E-state index contributed by atoms with van der Waals surface area (Å²) in [6, 6.07) is 8.35.